The summed E-state index contributed by atoms with van der Waals surface area (Å²) >= 11 is 0. The SMILES string of the molecule is C=C(C)[C@H](O)CC[C@H](C)[C@H]1CC[C@@]2(C)[C@H]3CC[C@@H]4C(C)(C)[C@@H](O)CC[C@@]45C[C@@]35CC[C@]12C. The van der Waals surface area contributed by atoms with Crippen molar-refractivity contribution in [2.75, 3.05) is 0 Å². The van der Waals surface area contributed by atoms with Gasteiger partial charge in [-0.2, -0.15) is 0 Å². The maximum absolute atomic E-state index is 10.8. The zero-order valence-electron chi connectivity index (χ0n) is 21.8. The van der Waals surface area contributed by atoms with E-state index in [1.165, 1.54) is 51.4 Å². The summed E-state index contributed by atoms with van der Waals surface area (Å²) in [4.78, 5) is 0. The Bertz CT molecular complexity index is 786. The minimum absolute atomic E-state index is 0.0885. The van der Waals surface area contributed by atoms with Crippen molar-refractivity contribution in [3.63, 3.8) is 0 Å². The minimum Gasteiger partial charge on any atom is -0.393 e. The molecule has 0 unspecified atom stereocenters. The van der Waals surface area contributed by atoms with Crippen LogP contribution in [0.1, 0.15) is 112 Å². The maximum atomic E-state index is 10.8. The van der Waals surface area contributed by atoms with Crippen molar-refractivity contribution in [1.29, 1.82) is 0 Å². The molecule has 0 aromatic rings. The lowest BCUT2D eigenvalue weighted by molar-refractivity contribution is -0.161. The Morgan fingerprint density at radius 1 is 0.875 bits per heavy atom. The van der Waals surface area contributed by atoms with Crippen molar-refractivity contribution in [2.45, 2.75) is 124 Å². The van der Waals surface area contributed by atoms with E-state index in [2.05, 4.69) is 41.2 Å². The van der Waals surface area contributed by atoms with Crippen molar-refractivity contribution in [3.05, 3.63) is 12.2 Å². The summed E-state index contributed by atoms with van der Waals surface area (Å²) in [5.41, 5.74) is 3.03. The lowest BCUT2D eigenvalue weighted by atomic mass is 9.41. The van der Waals surface area contributed by atoms with Gasteiger partial charge in [-0.25, -0.2) is 0 Å². The fraction of sp³-hybridized carbons (Fsp3) is 0.933. The van der Waals surface area contributed by atoms with Gasteiger partial charge in [-0.3, -0.25) is 0 Å². The van der Waals surface area contributed by atoms with E-state index in [0.29, 0.717) is 27.6 Å². The molecule has 182 valence electrons. The van der Waals surface area contributed by atoms with Gasteiger partial charge in [0.1, 0.15) is 0 Å². The smallest absolute Gasteiger partial charge is 0.0744 e. The van der Waals surface area contributed by atoms with Crippen LogP contribution >= 0.6 is 0 Å². The Morgan fingerprint density at radius 3 is 2.22 bits per heavy atom. The van der Waals surface area contributed by atoms with Gasteiger partial charge in [-0.1, -0.05) is 46.8 Å². The highest BCUT2D eigenvalue weighted by atomic mass is 16.3. The average molecular weight is 443 g/mol. The maximum Gasteiger partial charge on any atom is 0.0744 e. The number of hydrogen-bond donors (Lipinski definition) is 2. The van der Waals surface area contributed by atoms with Crippen molar-refractivity contribution in [3.8, 4) is 0 Å². The molecule has 2 N–H and O–H groups in total. The largest absolute Gasteiger partial charge is 0.393 e. The molecule has 10 atom stereocenters. The van der Waals surface area contributed by atoms with Crippen LogP contribution in [0.4, 0.5) is 0 Å². The third-order valence-corrected chi connectivity index (χ3v) is 13.3. The highest BCUT2D eigenvalue weighted by molar-refractivity contribution is 5.30. The first-order valence-corrected chi connectivity index (χ1v) is 13.9. The van der Waals surface area contributed by atoms with Crippen LogP contribution in [-0.2, 0) is 0 Å². The van der Waals surface area contributed by atoms with Crippen molar-refractivity contribution < 1.29 is 10.2 Å². The van der Waals surface area contributed by atoms with E-state index in [1.54, 1.807) is 0 Å². The number of fused-ring (bicyclic) bond motifs is 2. The fourth-order valence-electron chi connectivity index (χ4n) is 11.2. The summed E-state index contributed by atoms with van der Waals surface area (Å²) in [7, 11) is 0. The second kappa shape index (κ2) is 7.09. The molecule has 2 heteroatoms. The monoisotopic (exact) mass is 442 g/mol. The van der Waals surface area contributed by atoms with Crippen LogP contribution in [0, 0.1) is 50.7 Å². The Morgan fingerprint density at radius 2 is 1.53 bits per heavy atom. The van der Waals surface area contributed by atoms with Gasteiger partial charge in [-0.15, -0.1) is 0 Å². The predicted molar refractivity (Wildman–Crippen MR) is 132 cm³/mol. The van der Waals surface area contributed by atoms with Crippen molar-refractivity contribution in [2.24, 2.45) is 50.7 Å². The standard InChI is InChI=1S/C30H50O2/c1-19(2)22(31)9-8-20(3)21-12-14-28(7)24-11-10-23-26(4,5)25(32)13-15-29(23)18-30(24,29)17-16-27(21,28)6/h20-25,31-32H,1,8-18H2,2-7H3/t20-,21+,22+,23+,24+,25-,27+,28-,29+,30-/m0/s1. The van der Waals surface area contributed by atoms with Crippen molar-refractivity contribution in [1.82, 2.24) is 0 Å². The molecule has 5 saturated carbocycles. The number of hydrogen-bond acceptors (Lipinski definition) is 2. The highest BCUT2D eigenvalue weighted by Gasteiger charge is 2.82. The molecular weight excluding hydrogens is 392 g/mol. The quantitative estimate of drug-likeness (QED) is 0.444. The van der Waals surface area contributed by atoms with Crippen LogP contribution in [0.2, 0.25) is 0 Å². The van der Waals surface area contributed by atoms with Gasteiger partial charge >= 0.3 is 0 Å². The average Bonchev–Trinajstić information content (AvgIpc) is 3.31. The zero-order valence-corrected chi connectivity index (χ0v) is 21.8. The second-order valence-electron chi connectivity index (χ2n) is 14.4. The van der Waals surface area contributed by atoms with E-state index in [-0.39, 0.29) is 17.6 Å². The van der Waals surface area contributed by atoms with E-state index in [9.17, 15) is 10.2 Å². The van der Waals surface area contributed by atoms with E-state index in [1.807, 2.05) is 6.92 Å². The molecule has 0 heterocycles. The Labute approximate surface area is 197 Å². The molecule has 5 rings (SSSR count). The van der Waals surface area contributed by atoms with Crippen molar-refractivity contribution >= 4 is 0 Å². The molecule has 0 aromatic heterocycles. The lowest BCUT2D eigenvalue weighted by Gasteiger charge is -2.63. The van der Waals surface area contributed by atoms with Gasteiger partial charge in [0.2, 0.25) is 0 Å². The molecule has 5 aliphatic rings. The first-order valence-electron chi connectivity index (χ1n) is 13.9. The van der Waals surface area contributed by atoms with Crippen LogP contribution in [0.5, 0.6) is 0 Å². The van der Waals surface area contributed by atoms with E-state index in [0.717, 1.165) is 42.6 Å². The third-order valence-electron chi connectivity index (χ3n) is 13.3. The summed E-state index contributed by atoms with van der Waals surface area (Å²) in [6.45, 7) is 18.5. The zero-order chi connectivity index (χ0) is 23.3. The first-order chi connectivity index (χ1) is 14.9. The third kappa shape index (κ3) is 2.72. The molecule has 2 nitrogen and oxygen atoms in total. The van der Waals surface area contributed by atoms with Crippen LogP contribution < -0.4 is 0 Å². The molecule has 0 amide bonds. The Hall–Kier alpha value is -0.340. The van der Waals surface area contributed by atoms with E-state index in [4.69, 9.17) is 0 Å². The predicted octanol–water partition coefficient (Wildman–Crippen LogP) is 7.14. The van der Waals surface area contributed by atoms with Gasteiger partial charge in [-0.05, 0) is 128 Å². The molecule has 2 spiro atoms. The van der Waals surface area contributed by atoms with E-state index >= 15 is 0 Å². The number of aliphatic hydroxyl groups is 2. The lowest BCUT2D eigenvalue weighted by Crippen LogP contribution is -2.57. The van der Waals surface area contributed by atoms with Gasteiger partial charge in [0.15, 0.2) is 0 Å². The Kier molecular flexibility index (Phi) is 5.19. The molecule has 0 aromatic carbocycles. The molecule has 0 bridgehead atoms. The fourth-order valence-corrected chi connectivity index (χ4v) is 11.2. The molecule has 32 heavy (non-hydrogen) atoms. The molecular formula is C30H50O2. The first kappa shape index (κ1) is 23.4. The summed E-state index contributed by atoms with van der Waals surface area (Å²) in [6.07, 6.45) is 13.7. The number of aliphatic hydroxyl groups excluding tert-OH is 2. The molecule has 5 fully saturated rings. The Balaban J connectivity index is 1.39. The van der Waals surface area contributed by atoms with Crippen LogP contribution in [0.25, 0.3) is 0 Å². The summed E-state index contributed by atoms with van der Waals surface area (Å²) in [5, 5.41) is 21.2. The molecule has 0 saturated heterocycles. The van der Waals surface area contributed by atoms with Crippen LogP contribution in [-0.4, -0.2) is 22.4 Å². The van der Waals surface area contributed by atoms with Crippen LogP contribution in [0.15, 0.2) is 12.2 Å². The summed E-state index contributed by atoms with van der Waals surface area (Å²) in [6, 6.07) is 0. The van der Waals surface area contributed by atoms with Gasteiger partial charge in [0.25, 0.3) is 0 Å². The minimum atomic E-state index is -0.334. The molecule has 5 aliphatic carbocycles. The van der Waals surface area contributed by atoms with Gasteiger partial charge < -0.3 is 10.2 Å². The topological polar surface area (TPSA) is 40.5 Å². The number of rotatable bonds is 5. The highest BCUT2D eigenvalue weighted by Crippen LogP contribution is 2.89. The van der Waals surface area contributed by atoms with Crippen LogP contribution in [0.3, 0.4) is 0 Å². The summed E-state index contributed by atoms with van der Waals surface area (Å²) in [5.74, 6) is 3.08. The van der Waals surface area contributed by atoms with E-state index < -0.39 is 0 Å². The van der Waals surface area contributed by atoms with Gasteiger partial charge in [0, 0.05) is 0 Å². The molecule has 0 aliphatic heterocycles. The molecule has 0 radical (unpaired) electrons. The summed E-state index contributed by atoms with van der Waals surface area (Å²) < 4.78 is 0. The normalized spacial score (nSPS) is 52.8. The second-order valence-corrected chi connectivity index (χ2v) is 14.4. The van der Waals surface area contributed by atoms with Gasteiger partial charge in [0.05, 0.1) is 12.2 Å².